The van der Waals surface area contributed by atoms with E-state index in [-0.39, 0.29) is 0 Å². The van der Waals surface area contributed by atoms with Gasteiger partial charge in [-0.3, -0.25) is 0 Å². The molecule has 0 atom stereocenters. The van der Waals surface area contributed by atoms with Crippen molar-refractivity contribution in [2.75, 3.05) is 5.73 Å². The predicted molar refractivity (Wildman–Crippen MR) is 51.1 cm³/mol. The largest absolute Gasteiger partial charge is 0.383 e. The SMILES string of the molecule is Cc1cc(I)c(N)nc1Cl. The molecule has 2 N–H and O–H groups in total. The highest BCUT2D eigenvalue weighted by atomic mass is 127. The summed E-state index contributed by atoms with van der Waals surface area (Å²) in [7, 11) is 0. The Hall–Kier alpha value is -0.0300. The lowest BCUT2D eigenvalue weighted by atomic mass is 10.3. The van der Waals surface area contributed by atoms with E-state index in [0.29, 0.717) is 11.0 Å². The number of aromatic nitrogens is 1. The van der Waals surface area contributed by atoms with Gasteiger partial charge in [-0.2, -0.15) is 0 Å². The van der Waals surface area contributed by atoms with Crippen LogP contribution in [0.1, 0.15) is 5.56 Å². The molecule has 0 fully saturated rings. The number of aryl methyl sites for hydroxylation is 1. The van der Waals surface area contributed by atoms with Crippen LogP contribution in [0.4, 0.5) is 5.82 Å². The first kappa shape index (κ1) is 8.07. The van der Waals surface area contributed by atoms with E-state index in [9.17, 15) is 0 Å². The van der Waals surface area contributed by atoms with Crippen molar-refractivity contribution >= 4 is 40.0 Å². The van der Waals surface area contributed by atoms with Crippen molar-refractivity contribution in [3.8, 4) is 0 Å². The van der Waals surface area contributed by atoms with Crippen LogP contribution in [0.25, 0.3) is 0 Å². The average Bonchev–Trinajstić information content (AvgIpc) is 1.84. The molecule has 1 heterocycles. The zero-order chi connectivity index (χ0) is 7.72. The molecular weight excluding hydrogens is 262 g/mol. The third-order valence-electron chi connectivity index (χ3n) is 1.13. The van der Waals surface area contributed by atoms with Gasteiger partial charge in [0.25, 0.3) is 0 Å². The third-order valence-corrected chi connectivity index (χ3v) is 2.38. The topological polar surface area (TPSA) is 38.9 Å². The zero-order valence-electron chi connectivity index (χ0n) is 5.36. The van der Waals surface area contributed by atoms with Gasteiger partial charge in [-0.1, -0.05) is 11.6 Å². The lowest BCUT2D eigenvalue weighted by Crippen LogP contribution is -1.95. The van der Waals surface area contributed by atoms with Crippen molar-refractivity contribution in [3.63, 3.8) is 0 Å². The molecular formula is C6H6ClIN2. The fourth-order valence-electron chi connectivity index (χ4n) is 0.571. The summed E-state index contributed by atoms with van der Waals surface area (Å²) in [6.45, 7) is 1.90. The maximum Gasteiger partial charge on any atom is 0.138 e. The van der Waals surface area contributed by atoms with Gasteiger partial charge in [0, 0.05) is 0 Å². The van der Waals surface area contributed by atoms with E-state index in [1.165, 1.54) is 0 Å². The molecule has 0 aliphatic rings. The number of nitrogens with zero attached hydrogens (tertiary/aromatic N) is 1. The highest BCUT2D eigenvalue weighted by Crippen LogP contribution is 2.19. The van der Waals surface area contributed by atoms with Crippen molar-refractivity contribution in [2.24, 2.45) is 0 Å². The van der Waals surface area contributed by atoms with Crippen molar-refractivity contribution in [3.05, 3.63) is 20.4 Å². The van der Waals surface area contributed by atoms with Crippen LogP contribution in [-0.4, -0.2) is 4.98 Å². The molecule has 10 heavy (non-hydrogen) atoms. The van der Waals surface area contributed by atoms with E-state index < -0.39 is 0 Å². The molecule has 0 unspecified atom stereocenters. The second-order valence-electron chi connectivity index (χ2n) is 1.96. The molecule has 1 aromatic heterocycles. The predicted octanol–water partition coefficient (Wildman–Crippen LogP) is 2.23. The minimum absolute atomic E-state index is 0.484. The van der Waals surface area contributed by atoms with Crippen LogP contribution in [0.5, 0.6) is 0 Å². The van der Waals surface area contributed by atoms with Gasteiger partial charge >= 0.3 is 0 Å². The standard InChI is InChI=1S/C6H6ClIN2/c1-3-2-4(8)6(9)10-5(3)7/h2H,1H3,(H2,9,10). The Morgan fingerprint density at radius 1 is 1.70 bits per heavy atom. The Morgan fingerprint density at radius 3 is 2.80 bits per heavy atom. The molecule has 0 saturated heterocycles. The molecule has 2 nitrogen and oxygen atoms in total. The summed E-state index contributed by atoms with van der Waals surface area (Å²) in [6.07, 6.45) is 0. The first-order valence-corrected chi connectivity index (χ1v) is 4.15. The molecule has 0 amide bonds. The van der Waals surface area contributed by atoms with E-state index in [0.717, 1.165) is 9.13 Å². The van der Waals surface area contributed by atoms with Crippen LogP contribution < -0.4 is 5.73 Å². The molecule has 4 heteroatoms. The van der Waals surface area contributed by atoms with Crippen LogP contribution in [0.2, 0.25) is 5.15 Å². The lowest BCUT2D eigenvalue weighted by molar-refractivity contribution is 1.26. The minimum atomic E-state index is 0.484. The lowest BCUT2D eigenvalue weighted by Gasteiger charge is -1.99. The highest BCUT2D eigenvalue weighted by molar-refractivity contribution is 14.1. The van der Waals surface area contributed by atoms with Crippen LogP contribution in [-0.2, 0) is 0 Å². The molecule has 1 aromatic rings. The summed E-state index contributed by atoms with van der Waals surface area (Å²) in [5.41, 5.74) is 6.45. The number of anilines is 1. The average molecular weight is 268 g/mol. The number of hydrogen-bond acceptors (Lipinski definition) is 2. The van der Waals surface area contributed by atoms with Crippen molar-refractivity contribution in [1.29, 1.82) is 0 Å². The number of halogens is 2. The molecule has 0 saturated carbocycles. The molecule has 0 aromatic carbocycles. The fraction of sp³-hybridized carbons (Fsp3) is 0.167. The van der Waals surface area contributed by atoms with Crippen LogP contribution in [0, 0.1) is 10.5 Å². The maximum atomic E-state index is 5.69. The summed E-state index contributed by atoms with van der Waals surface area (Å²) in [5.74, 6) is 0.496. The Kier molecular flexibility index (Phi) is 2.36. The third kappa shape index (κ3) is 1.52. The number of nitrogen functional groups attached to an aromatic ring is 1. The normalized spacial score (nSPS) is 9.90. The van der Waals surface area contributed by atoms with Gasteiger partial charge in [0.05, 0.1) is 3.57 Å². The summed E-state index contributed by atoms with van der Waals surface area (Å²) < 4.78 is 0.944. The van der Waals surface area contributed by atoms with Crippen molar-refractivity contribution < 1.29 is 0 Å². The Bertz CT molecular complexity index is 212. The molecule has 0 bridgehead atoms. The fourth-order valence-corrected chi connectivity index (χ4v) is 1.30. The van der Waals surface area contributed by atoms with Gasteiger partial charge in [-0.25, -0.2) is 4.98 Å². The molecule has 0 aliphatic heterocycles. The molecule has 1 rings (SSSR count). The highest BCUT2D eigenvalue weighted by Gasteiger charge is 2.00. The van der Waals surface area contributed by atoms with Gasteiger partial charge in [0.15, 0.2) is 0 Å². The van der Waals surface area contributed by atoms with Gasteiger partial charge in [0.2, 0.25) is 0 Å². The van der Waals surface area contributed by atoms with E-state index in [1.54, 1.807) is 0 Å². The second-order valence-corrected chi connectivity index (χ2v) is 3.48. The van der Waals surface area contributed by atoms with Crippen LogP contribution >= 0.6 is 34.2 Å². The van der Waals surface area contributed by atoms with Crippen LogP contribution in [0.15, 0.2) is 6.07 Å². The number of nitrogens with two attached hydrogens (primary N) is 1. The Morgan fingerprint density at radius 2 is 2.30 bits per heavy atom. The Balaban J connectivity index is 3.28. The molecule has 0 aliphatic carbocycles. The first-order valence-electron chi connectivity index (χ1n) is 2.69. The van der Waals surface area contributed by atoms with E-state index >= 15 is 0 Å². The monoisotopic (exact) mass is 268 g/mol. The zero-order valence-corrected chi connectivity index (χ0v) is 8.27. The van der Waals surface area contributed by atoms with Crippen molar-refractivity contribution in [2.45, 2.75) is 6.92 Å². The van der Waals surface area contributed by atoms with Crippen molar-refractivity contribution in [1.82, 2.24) is 4.98 Å². The van der Waals surface area contributed by atoms with Crippen LogP contribution in [0.3, 0.4) is 0 Å². The molecule has 0 spiro atoms. The summed E-state index contributed by atoms with van der Waals surface area (Å²) in [6, 6.07) is 1.91. The summed E-state index contributed by atoms with van der Waals surface area (Å²) >= 11 is 7.81. The quantitative estimate of drug-likeness (QED) is 0.579. The number of hydrogen-bond donors (Lipinski definition) is 1. The molecule has 0 radical (unpaired) electrons. The Labute approximate surface area is 77.9 Å². The van der Waals surface area contributed by atoms with E-state index in [4.69, 9.17) is 17.3 Å². The maximum absolute atomic E-state index is 5.69. The minimum Gasteiger partial charge on any atom is -0.383 e. The van der Waals surface area contributed by atoms with E-state index in [1.807, 2.05) is 13.0 Å². The van der Waals surface area contributed by atoms with Gasteiger partial charge < -0.3 is 5.73 Å². The van der Waals surface area contributed by atoms with Gasteiger partial charge in [-0.15, -0.1) is 0 Å². The van der Waals surface area contributed by atoms with Gasteiger partial charge in [0.1, 0.15) is 11.0 Å². The second kappa shape index (κ2) is 2.92. The summed E-state index contributed by atoms with van der Waals surface area (Å²) in [4.78, 5) is 3.91. The first-order chi connectivity index (χ1) is 4.61. The van der Waals surface area contributed by atoms with Gasteiger partial charge in [-0.05, 0) is 41.1 Å². The summed E-state index contributed by atoms with van der Waals surface area (Å²) in [5, 5.41) is 0.484. The molecule has 54 valence electrons. The smallest absolute Gasteiger partial charge is 0.138 e. The number of rotatable bonds is 0. The number of pyridine rings is 1. The van der Waals surface area contributed by atoms with E-state index in [2.05, 4.69) is 27.6 Å².